The highest BCUT2D eigenvalue weighted by molar-refractivity contribution is 7.80. The van der Waals surface area contributed by atoms with Crippen LogP contribution in [0.1, 0.15) is 60.4 Å². The summed E-state index contributed by atoms with van der Waals surface area (Å²) in [5, 5.41) is 4.52. The fourth-order valence-electron chi connectivity index (χ4n) is 6.39. The Bertz CT molecular complexity index is 1210. The van der Waals surface area contributed by atoms with Crippen molar-refractivity contribution in [2.75, 3.05) is 31.2 Å². The highest BCUT2D eigenvalue weighted by Gasteiger charge is 2.44. The van der Waals surface area contributed by atoms with Crippen LogP contribution in [-0.4, -0.2) is 51.9 Å². The molecule has 0 radical (unpaired) electrons. The molecule has 6 nitrogen and oxygen atoms in total. The summed E-state index contributed by atoms with van der Waals surface area (Å²) < 4.78 is 7.91. The molecular weight excluding hydrogens is 466 g/mol. The fraction of sp³-hybridized carbons (Fsp3) is 0.448. The third kappa shape index (κ3) is 4.18. The Morgan fingerprint density at radius 3 is 2.39 bits per heavy atom. The van der Waals surface area contributed by atoms with Crippen LogP contribution in [0.15, 0.2) is 54.7 Å². The Kier molecular flexibility index (Phi) is 6.44. The Morgan fingerprint density at radius 2 is 1.69 bits per heavy atom. The smallest absolute Gasteiger partial charge is 0.170 e. The topological polar surface area (TPSA) is 45.6 Å². The molecule has 1 saturated carbocycles. The molecule has 0 unspecified atom stereocenters. The standard InChI is InChI=1S/C29H35N5OS/c1-20-19-25(21(2)33(20)24-12-10-22(11-13-24)32-15-17-35-18-16-32)28-27(26-9-5-6-14-30-26)31-29(36)34(28)23-7-3-4-8-23/h5-6,9-14,19,23,27-28H,3-4,7-8,15-18H2,1-2H3,(H,31,36)/t27-,28+/m0/s1. The van der Waals surface area contributed by atoms with Crippen LogP contribution in [-0.2, 0) is 4.74 Å². The second-order valence-electron chi connectivity index (χ2n) is 10.2. The van der Waals surface area contributed by atoms with Gasteiger partial charge < -0.3 is 24.4 Å². The highest BCUT2D eigenvalue weighted by Crippen LogP contribution is 2.44. The molecule has 2 saturated heterocycles. The number of rotatable bonds is 5. The summed E-state index contributed by atoms with van der Waals surface area (Å²) in [4.78, 5) is 9.63. The maximum Gasteiger partial charge on any atom is 0.170 e. The van der Waals surface area contributed by atoms with Crippen LogP contribution >= 0.6 is 12.2 Å². The van der Waals surface area contributed by atoms with Gasteiger partial charge in [0.25, 0.3) is 0 Å². The molecule has 2 aromatic heterocycles. The van der Waals surface area contributed by atoms with Crippen molar-refractivity contribution >= 4 is 23.0 Å². The summed E-state index contributed by atoms with van der Waals surface area (Å²) in [7, 11) is 0. The molecule has 2 atom stereocenters. The van der Waals surface area contributed by atoms with Gasteiger partial charge in [-0.1, -0.05) is 18.9 Å². The van der Waals surface area contributed by atoms with Gasteiger partial charge in [0.15, 0.2) is 5.11 Å². The summed E-state index contributed by atoms with van der Waals surface area (Å²) in [6, 6.07) is 18.2. The zero-order chi connectivity index (χ0) is 24.6. The van der Waals surface area contributed by atoms with Crippen LogP contribution in [0.5, 0.6) is 0 Å². The van der Waals surface area contributed by atoms with Gasteiger partial charge in [0.05, 0.1) is 31.0 Å². The van der Waals surface area contributed by atoms with Gasteiger partial charge in [-0.25, -0.2) is 0 Å². The summed E-state index contributed by atoms with van der Waals surface area (Å²) in [5.41, 5.74) is 7.35. The van der Waals surface area contributed by atoms with Crippen molar-refractivity contribution in [3.05, 3.63) is 77.4 Å². The molecule has 3 aromatic rings. The second-order valence-corrected chi connectivity index (χ2v) is 10.6. The minimum atomic E-state index is 0.0388. The molecule has 188 valence electrons. The van der Waals surface area contributed by atoms with E-state index in [0.29, 0.717) is 6.04 Å². The molecule has 0 amide bonds. The third-order valence-electron chi connectivity index (χ3n) is 8.13. The lowest BCUT2D eigenvalue weighted by atomic mass is 9.95. The molecular formula is C29H35N5OS. The van der Waals surface area contributed by atoms with E-state index in [2.05, 4.69) is 76.0 Å². The van der Waals surface area contributed by atoms with Gasteiger partial charge in [0.2, 0.25) is 0 Å². The van der Waals surface area contributed by atoms with Crippen LogP contribution in [0.25, 0.3) is 5.69 Å². The number of morpholine rings is 1. The van der Waals surface area contributed by atoms with Crippen molar-refractivity contribution in [1.82, 2.24) is 19.8 Å². The quantitative estimate of drug-likeness (QED) is 0.483. The van der Waals surface area contributed by atoms with Crippen molar-refractivity contribution in [3.63, 3.8) is 0 Å². The molecule has 36 heavy (non-hydrogen) atoms. The maximum absolute atomic E-state index is 5.95. The number of anilines is 1. The second kappa shape index (κ2) is 9.87. The number of aromatic nitrogens is 2. The Labute approximate surface area is 219 Å². The van der Waals surface area contributed by atoms with E-state index in [-0.39, 0.29) is 12.1 Å². The number of pyridine rings is 1. The normalized spacial score (nSPS) is 22.9. The van der Waals surface area contributed by atoms with E-state index in [1.807, 2.05) is 12.3 Å². The average molecular weight is 502 g/mol. The Hall–Kier alpha value is -2.90. The van der Waals surface area contributed by atoms with Crippen molar-refractivity contribution < 1.29 is 4.74 Å². The zero-order valence-electron chi connectivity index (χ0n) is 21.2. The summed E-state index contributed by atoms with van der Waals surface area (Å²) >= 11 is 5.95. The summed E-state index contributed by atoms with van der Waals surface area (Å²) in [5.74, 6) is 0. The third-order valence-corrected chi connectivity index (χ3v) is 8.46. The average Bonchev–Trinajstić information content (AvgIpc) is 3.63. The fourth-order valence-corrected chi connectivity index (χ4v) is 6.78. The Morgan fingerprint density at radius 1 is 0.972 bits per heavy atom. The van der Waals surface area contributed by atoms with Crippen LogP contribution in [0.2, 0.25) is 0 Å². The van der Waals surface area contributed by atoms with Gasteiger partial charge in [0, 0.05) is 48.1 Å². The number of thiocarbonyl (C=S) groups is 1. The monoisotopic (exact) mass is 501 g/mol. The molecule has 0 spiro atoms. The molecule has 3 fully saturated rings. The number of aryl methyl sites for hydroxylation is 1. The van der Waals surface area contributed by atoms with E-state index in [0.717, 1.165) is 37.1 Å². The van der Waals surface area contributed by atoms with E-state index in [1.54, 1.807) is 0 Å². The van der Waals surface area contributed by atoms with Crippen LogP contribution in [0.3, 0.4) is 0 Å². The lowest BCUT2D eigenvalue weighted by Gasteiger charge is -2.33. The van der Waals surface area contributed by atoms with Gasteiger partial charge in [-0.3, -0.25) is 4.98 Å². The highest BCUT2D eigenvalue weighted by atomic mass is 32.1. The van der Waals surface area contributed by atoms with Gasteiger partial charge >= 0.3 is 0 Å². The largest absolute Gasteiger partial charge is 0.378 e. The van der Waals surface area contributed by atoms with Gasteiger partial charge in [-0.2, -0.15) is 0 Å². The molecule has 1 aliphatic carbocycles. The first-order chi connectivity index (χ1) is 17.6. The predicted molar refractivity (Wildman–Crippen MR) is 148 cm³/mol. The van der Waals surface area contributed by atoms with Gasteiger partial charge in [0.1, 0.15) is 0 Å². The van der Waals surface area contributed by atoms with Crippen LogP contribution < -0.4 is 10.2 Å². The van der Waals surface area contributed by atoms with E-state index in [4.69, 9.17) is 21.9 Å². The van der Waals surface area contributed by atoms with Gasteiger partial charge in [-0.05, 0) is 86.9 Å². The van der Waals surface area contributed by atoms with E-state index >= 15 is 0 Å². The van der Waals surface area contributed by atoms with Crippen LogP contribution in [0.4, 0.5) is 5.69 Å². The number of hydrogen-bond donors (Lipinski definition) is 1. The first-order valence-electron chi connectivity index (χ1n) is 13.2. The Balaban J connectivity index is 1.38. The minimum Gasteiger partial charge on any atom is -0.378 e. The lowest BCUT2D eigenvalue weighted by molar-refractivity contribution is 0.122. The number of nitrogens with zero attached hydrogens (tertiary/aromatic N) is 4. The van der Waals surface area contributed by atoms with Crippen LogP contribution in [0, 0.1) is 13.8 Å². The first kappa shape index (κ1) is 23.5. The molecule has 4 heterocycles. The zero-order valence-corrected chi connectivity index (χ0v) is 22.0. The maximum atomic E-state index is 5.95. The van der Waals surface area contributed by atoms with E-state index in [9.17, 15) is 0 Å². The molecule has 1 N–H and O–H groups in total. The SMILES string of the molecule is Cc1cc([C@@H]2[C@H](c3ccccn3)NC(=S)N2C2CCCC2)c(C)n1-c1ccc(N2CCOCC2)cc1. The summed E-state index contributed by atoms with van der Waals surface area (Å²) in [6.45, 7) is 7.96. The summed E-state index contributed by atoms with van der Waals surface area (Å²) in [6.07, 6.45) is 6.84. The van der Waals surface area contributed by atoms with Crippen molar-refractivity contribution in [2.24, 2.45) is 0 Å². The van der Waals surface area contributed by atoms with Gasteiger partial charge in [-0.15, -0.1) is 0 Å². The lowest BCUT2D eigenvalue weighted by Crippen LogP contribution is -2.37. The minimum absolute atomic E-state index is 0.0388. The molecule has 7 heteroatoms. The molecule has 2 aliphatic heterocycles. The predicted octanol–water partition coefficient (Wildman–Crippen LogP) is 5.24. The number of hydrogen-bond acceptors (Lipinski definition) is 4. The van der Waals surface area contributed by atoms with Crippen molar-refractivity contribution in [1.29, 1.82) is 0 Å². The van der Waals surface area contributed by atoms with E-state index < -0.39 is 0 Å². The first-order valence-corrected chi connectivity index (χ1v) is 13.6. The number of benzene rings is 1. The van der Waals surface area contributed by atoms with Crippen molar-refractivity contribution in [2.45, 2.75) is 57.7 Å². The molecule has 0 bridgehead atoms. The molecule has 1 aromatic carbocycles. The molecule has 6 rings (SSSR count). The molecule has 3 aliphatic rings. The van der Waals surface area contributed by atoms with Crippen molar-refractivity contribution in [3.8, 4) is 5.69 Å². The number of ether oxygens (including phenoxy) is 1. The number of nitrogens with one attached hydrogen (secondary N) is 1. The van der Waals surface area contributed by atoms with E-state index in [1.165, 1.54) is 54.0 Å².